The summed E-state index contributed by atoms with van der Waals surface area (Å²) in [4.78, 5) is 11.4. The lowest BCUT2D eigenvalue weighted by Gasteiger charge is -2.31. The van der Waals surface area contributed by atoms with Gasteiger partial charge >= 0.3 is 0 Å². The molecule has 2 aliphatic rings. The Morgan fingerprint density at radius 3 is 2.58 bits per heavy atom. The van der Waals surface area contributed by atoms with E-state index in [-0.39, 0.29) is 0 Å². The monoisotopic (exact) mass is 266 g/mol. The van der Waals surface area contributed by atoms with E-state index in [1.807, 2.05) is 0 Å². The van der Waals surface area contributed by atoms with Gasteiger partial charge < -0.3 is 19.6 Å². The van der Waals surface area contributed by atoms with Crippen molar-refractivity contribution in [2.45, 2.75) is 6.54 Å². The summed E-state index contributed by atoms with van der Waals surface area (Å²) in [6.45, 7) is 9.01. The minimum absolute atomic E-state index is 0.732. The van der Waals surface area contributed by atoms with Crippen LogP contribution in [0, 0.1) is 0 Å². The van der Waals surface area contributed by atoms with Gasteiger partial charge in [-0.25, -0.2) is 0 Å². The molecule has 1 aromatic rings. The zero-order chi connectivity index (χ0) is 13.1. The Morgan fingerprint density at radius 2 is 1.84 bits per heavy atom. The zero-order valence-electron chi connectivity index (χ0n) is 11.5. The Morgan fingerprint density at radius 1 is 1.11 bits per heavy atom. The van der Waals surface area contributed by atoms with Crippen molar-refractivity contribution in [2.24, 2.45) is 0 Å². The lowest BCUT2D eigenvalue weighted by Crippen LogP contribution is -2.45. The van der Waals surface area contributed by atoms with Crippen LogP contribution in [-0.2, 0) is 6.54 Å². The van der Waals surface area contributed by atoms with Crippen LogP contribution >= 0.6 is 0 Å². The fourth-order valence-corrected chi connectivity index (χ4v) is 2.51. The van der Waals surface area contributed by atoms with E-state index in [1.54, 1.807) is 0 Å². The van der Waals surface area contributed by atoms with Crippen molar-refractivity contribution in [1.29, 1.82) is 0 Å². The quantitative estimate of drug-likeness (QED) is 0.770. The second-order valence-corrected chi connectivity index (χ2v) is 5.30. The number of hydrogen-bond donors (Lipinski definition) is 1. The molecule has 0 atom stereocenters. The van der Waals surface area contributed by atoms with Gasteiger partial charge in [0.05, 0.1) is 6.54 Å². The maximum Gasteiger partial charge on any atom is 0.266 e. The molecule has 1 aromatic heterocycles. The summed E-state index contributed by atoms with van der Waals surface area (Å²) in [7, 11) is 2.14. The lowest BCUT2D eigenvalue weighted by molar-refractivity contribution is 0.203. The summed E-state index contributed by atoms with van der Waals surface area (Å²) in [5.74, 6) is 1.48. The lowest BCUT2D eigenvalue weighted by atomic mass is 10.3. The van der Waals surface area contributed by atoms with Gasteiger partial charge in [-0.1, -0.05) is 0 Å². The van der Waals surface area contributed by atoms with Crippen LogP contribution in [0.2, 0.25) is 0 Å². The molecule has 3 rings (SSSR count). The van der Waals surface area contributed by atoms with Crippen LogP contribution in [0.15, 0.2) is 4.52 Å². The Labute approximate surface area is 113 Å². The highest BCUT2D eigenvalue weighted by molar-refractivity contribution is 5.28. The molecule has 0 bridgehead atoms. The van der Waals surface area contributed by atoms with Crippen molar-refractivity contribution in [3.8, 4) is 0 Å². The maximum absolute atomic E-state index is 5.37. The average Bonchev–Trinajstić information content (AvgIpc) is 2.89. The van der Waals surface area contributed by atoms with E-state index in [1.165, 1.54) is 0 Å². The van der Waals surface area contributed by atoms with Gasteiger partial charge in [0, 0.05) is 52.4 Å². The van der Waals surface area contributed by atoms with E-state index in [0.29, 0.717) is 0 Å². The van der Waals surface area contributed by atoms with E-state index in [9.17, 15) is 0 Å². The molecule has 1 N–H and O–H groups in total. The highest BCUT2D eigenvalue weighted by Crippen LogP contribution is 2.13. The molecule has 0 aromatic carbocycles. The molecule has 0 aliphatic carbocycles. The van der Waals surface area contributed by atoms with Gasteiger partial charge in [-0.15, -0.1) is 0 Å². The molecule has 0 radical (unpaired) electrons. The highest BCUT2D eigenvalue weighted by Gasteiger charge is 2.20. The fraction of sp³-hybridized carbons (Fsp3) is 0.833. The third-order valence-corrected chi connectivity index (χ3v) is 3.81. The second kappa shape index (κ2) is 5.85. The maximum atomic E-state index is 5.37. The first-order valence-electron chi connectivity index (χ1n) is 7.00. The minimum Gasteiger partial charge on any atom is -0.336 e. The number of nitrogens with zero attached hydrogens (tertiary/aromatic N) is 5. The van der Waals surface area contributed by atoms with Gasteiger partial charge in [0.2, 0.25) is 5.89 Å². The van der Waals surface area contributed by atoms with Gasteiger partial charge in [0.25, 0.3) is 5.95 Å². The molecule has 0 unspecified atom stereocenters. The van der Waals surface area contributed by atoms with Crippen molar-refractivity contribution in [3.05, 3.63) is 5.89 Å². The number of nitrogens with one attached hydrogen (secondary N) is 1. The van der Waals surface area contributed by atoms with Crippen molar-refractivity contribution in [1.82, 2.24) is 25.3 Å². The molecule has 2 fully saturated rings. The number of likely N-dealkylation sites (N-methyl/N-ethyl adjacent to an activating group) is 1. The number of hydrogen-bond acceptors (Lipinski definition) is 7. The summed E-state index contributed by atoms with van der Waals surface area (Å²) in [6, 6.07) is 0. The predicted molar refractivity (Wildman–Crippen MR) is 72.2 cm³/mol. The number of anilines is 1. The third kappa shape index (κ3) is 3.23. The topological polar surface area (TPSA) is 60.7 Å². The van der Waals surface area contributed by atoms with Crippen LogP contribution in [-0.4, -0.2) is 79.3 Å². The Hall–Kier alpha value is -1.18. The molecule has 7 heteroatoms. The van der Waals surface area contributed by atoms with Crippen molar-refractivity contribution in [2.75, 3.05) is 64.3 Å². The standard InChI is InChI=1S/C12H22N6O/c1-16-6-8-18(9-7-16)12-14-11(19-15-12)10-17-4-2-13-3-5-17/h13H,2-10H2,1H3. The Bertz CT molecular complexity index is 395. The van der Waals surface area contributed by atoms with Crippen molar-refractivity contribution < 1.29 is 4.52 Å². The summed E-state index contributed by atoms with van der Waals surface area (Å²) in [5, 5.41) is 7.45. The fourth-order valence-electron chi connectivity index (χ4n) is 2.51. The van der Waals surface area contributed by atoms with E-state index in [0.717, 1.165) is 70.7 Å². The molecule has 0 spiro atoms. The van der Waals surface area contributed by atoms with Crippen LogP contribution in [0.4, 0.5) is 5.95 Å². The Balaban J connectivity index is 1.56. The molecule has 2 aliphatic heterocycles. The first-order valence-corrected chi connectivity index (χ1v) is 7.00. The summed E-state index contributed by atoms with van der Waals surface area (Å²) >= 11 is 0. The normalized spacial score (nSPS) is 22.9. The van der Waals surface area contributed by atoms with Gasteiger partial charge in [0.15, 0.2) is 0 Å². The average molecular weight is 266 g/mol. The SMILES string of the molecule is CN1CCN(c2noc(CN3CCNCC3)n2)CC1. The van der Waals surface area contributed by atoms with E-state index in [2.05, 4.69) is 37.2 Å². The summed E-state index contributed by atoms with van der Waals surface area (Å²) < 4.78 is 5.37. The molecule has 0 saturated carbocycles. The third-order valence-electron chi connectivity index (χ3n) is 3.81. The number of aromatic nitrogens is 2. The first-order chi connectivity index (χ1) is 9.31. The van der Waals surface area contributed by atoms with E-state index < -0.39 is 0 Å². The first kappa shape index (κ1) is 12.8. The summed E-state index contributed by atoms with van der Waals surface area (Å²) in [6.07, 6.45) is 0. The minimum atomic E-state index is 0.732. The van der Waals surface area contributed by atoms with Crippen LogP contribution < -0.4 is 10.2 Å². The predicted octanol–water partition coefficient (Wildman–Crippen LogP) is -0.773. The molecule has 2 saturated heterocycles. The molecule has 106 valence electrons. The molecule has 19 heavy (non-hydrogen) atoms. The summed E-state index contributed by atoms with van der Waals surface area (Å²) in [5.41, 5.74) is 0. The van der Waals surface area contributed by atoms with Crippen LogP contribution in [0.25, 0.3) is 0 Å². The van der Waals surface area contributed by atoms with Gasteiger partial charge in [-0.05, 0) is 12.2 Å². The van der Waals surface area contributed by atoms with Gasteiger partial charge in [-0.2, -0.15) is 4.98 Å². The zero-order valence-corrected chi connectivity index (χ0v) is 11.5. The van der Waals surface area contributed by atoms with E-state index in [4.69, 9.17) is 4.52 Å². The molecular weight excluding hydrogens is 244 g/mol. The van der Waals surface area contributed by atoms with Gasteiger partial charge in [0.1, 0.15) is 0 Å². The molecule has 0 amide bonds. The molecular formula is C12H22N6O. The van der Waals surface area contributed by atoms with Crippen LogP contribution in [0.3, 0.4) is 0 Å². The van der Waals surface area contributed by atoms with Crippen LogP contribution in [0.5, 0.6) is 0 Å². The molecule has 3 heterocycles. The highest BCUT2D eigenvalue weighted by atomic mass is 16.5. The van der Waals surface area contributed by atoms with E-state index >= 15 is 0 Å². The smallest absolute Gasteiger partial charge is 0.266 e. The van der Waals surface area contributed by atoms with Gasteiger partial charge in [-0.3, -0.25) is 4.90 Å². The number of rotatable bonds is 3. The number of piperazine rings is 2. The molecule has 7 nitrogen and oxygen atoms in total. The van der Waals surface area contributed by atoms with Crippen molar-refractivity contribution >= 4 is 5.95 Å². The second-order valence-electron chi connectivity index (χ2n) is 5.30. The van der Waals surface area contributed by atoms with Crippen molar-refractivity contribution in [3.63, 3.8) is 0 Å². The Kier molecular flexibility index (Phi) is 3.95. The largest absolute Gasteiger partial charge is 0.336 e. The van der Waals surface area contributed by atoms with Crippen LogP contribution in [0.1, 0.15) is 5.89 Å².